The number of hydrogen-bond acceptors (Lipinski definition) is 5. The molecule has 0 aliphatic carbocycles. The summed E-state index contributed by atoms with van der Waals surface area (Å²) in [5.74, 6) is 2.00. The summed E-state index contributed by atoms with van der Waals surface area (Å²) in [4.78, 5) is 9.38. The van der Waals surface area contributed by atoms with Crippen molar-refractivity contribution in [1.29, 1.82) is 0 Å². The number of rotatable bonds is 4. The molecule has 2 saturated heterocycles. The van der Waals surface area contributed by atoms with Crippen LogP contribution in [0, 0.1) is 5.92 Å². The van der Waals surface area contributed by atoms with Crippen molar-refractivity contribution in [2.24, 2.45) is 5.92 Å². The first-order chi connectivity index (χ1) is 9.72. The standard InChI is InChI=1S/C15H26N4O/c1-12(2)14-16-15(20-17-14)19-9-5-13(6-10-19)11-18-7-3-4-8-18/h12-13H,3-11H2,1-2H3. The molecule has 0 N–H and O–H groups in total. The highest BCUT2D eigenvalue weighted by Gasteiger charge is 2.25. The molecule has 0 spiro atoms. The molecular weight excluding hydrogens is 252 g/mol. The molecule has 0 amide bonds. The van der Waals surface area contributed by atoms with E-state index in [0.29, 0.717) is 11.9 Å². The van der Waals surface area contributed by atoms with E-state index in [1.165, 1.54) is 45.3 Å². The molecule has 0 bridgehead atoms. The van der Waals surface area contributed by atoms with Crippen molar-refractivity contribution < 1.29 is 4.52 Å². The van der Waals surface area contributed by atoms with E-state index in [1.54, 1.807) is 0 Å². The molecule has 112 valence electrons. The highest BCUT2D eigenvalue weighted by atomic mass is 16.5. The van der Waals surface area contributed by atoms with E-state index < -0.39 is 0 Å². The van der Waals surface area contributed by atoms with Crippen molar-refractivity contribution in [3.05, 3.63) is 5.82 Å². The third-order valence-electron chi connectivity index (χ3n) is 4.55. The van der Waals surface area contributed by atoms with Gasteiger partial charge >= 0.3 is 6.01 Å². The number of aromatic nitrogens is 2. The average molecular weight is 278 g/mol. The summed E-state index contributed by atoms with van der Waals surface area (Å²) < 4.78 is 5.39. The lowest BCUT2D eigenvalue weighted by atomic mass is 9.96. The number of likely N-dealkylation sites (tertiary alicyclic amines) is 1. The van der Waals surface area contributed by atoms with Gasteiger partial charge in [-0.15, -0.1) is 0 Å². The van der Waals surface area contributed by atoms with Gasteiger partial charge in [0.15, 0.2) is 5.82 Å². The Bertz CT molecular complexity index is 417. The molecule has 0 unspecified atom stereocenters. The molecule has 2 aliphatic rings. The Labute approximate surface area is 121 Å². The number of anilines is 1. The van der Waals surface area contributed by atoms with Crippen LogP contribution in [0.3, 0.4) is 0 Å². The van der Waals surface area contributed by atoms with E-state index in [1.807, 2.05) is 0 Å². The molecule has 5 heteroatoms. The fourth-order valence-electron chi connectivity index (χ4n) is 3.23. The zero-order valence-corrected chi connectivity index (χ0v) is 12.7. The van der Waals surface area contributed by atoms with E-state index in [0.717, 1.165) is 24.8 Å². The lowest BCUT2D eigenvalue weighted by Crippen LogP contribution is -2.38. The first-order valence-electron chi connectivity index (χ1n) is 8.03. The summed E-state index contributed by atoms with van der Waals surface area (Å²) in [6.45, 7) is 10.2. The molecule has 3 heterocycles. The van der Waals surface area contributed by atoms with Crippen LogP contribution in [-0.2, 0) is 0 Å². The van der Waals surface area contributed by atoms with E-state index >= 15 is 0 Å². The summed E-state index contributed by atoms with van der Waals surface area (Å²) >= 11 is 0. The maximum absolute atomic E-state index is 5.39. The predicted octanol–water partition coefficient (Wildman–Crippen LogP) is 2.51. The van der Waals surface area contributed by atoms with Gasteiger partial charge in [-0.25, -0.2) is 0 Å². The van der Waals surface area contributed by atoms with Crippen molar-refractivity contribution in [1.82, 2.24) is 15.0 Å². The van der Waals surface area contributed by atoms with Crippen LogP contribution >= 0.6 is 0 Å². The Kier molecular flexibility index (Phi) is 4.24. The molecule has 2 aliphatic heterocycles. The molecule has 3 rings (SSSR count). The van der Waals surface area contributed by atoms with Gasteiger partial charge in [0.25, 0.3) is 0 Å². The van der Waals surface area contributed by atoms with Crippen LogP contribution in [0.5, 0.6) is 0 Å². The van der Waals surface area contributed by atoms with E-state index in [9.17, 15) is 0 Å². The first kappa shape index (κ1) is 13.9. The lowest BCUT2D eigenvalue weighted by Gasteiger charge is -2.32. The smallest absolute Gasteiger partial charge is 0.324 e. The van der Waals surface area contributed by atoms with Gasteiger partial charge in [0.2, 0.25) is 0 Å². The van der Waals surface area contributed by atoms with Crippen molar-refractivity contribution in [3.63, 3.8) is 0 Å². The normalized spacial score (nSPS) is 22.1. The second kappa shape index (κ2) is 6.12. The first-order valence-corrected chi connectivity index (χ1v) is 8.03. The minimum Gasteiger partial charge on any atom is -0.324 e. The maximum atomic E-state index is 5.39. The molecule has 0 radical (unpaired) electrons. The van der Waals surface area contributed by atoms with Crippen LogP contribution in [0.1, 0.15) is 51.3 Å². The van der Waals surface area contributed by atoms with Gasteiger partial charge in [0.05, 0.1) is 0 Å². The van der Waals surface area contributed by atoms with Gasteiger partial charge in [0, 0.05) is 25.6 Å². The Balaban J connectivity index is 1.49. The fraction of sp³-hybridized carbons (Fsp3) is 0.867. The third kappa shape index (κ3) is 3.14. The summed E-state index contributed by atoms with van der Waals surface area (Å²) in [5, 5.41) is 4.06. The Hall–Kier alpha value is -1.10. The van der Waals surface area contributed by atoms with Gasteiger partial charge in [0.1, 0.15) is 0 Å². The van der Waals surface area contributed by atoms with Crippen molar-refractivity contribution in [3.8, 4) is 0 Å². The minimum absolute atomic E-state index is 0.334. The van der Waals surface area contributed by atoms with Gasteiger partial charge in [-0.05, 0) is 44.7 Å². The summed E-state index contributed by atoms with van der Waals surface area (Å²) in [6, 6.07) is 0.716. The van der Waals surface area contributed by atoms with Crippen LogP contribution in [-0.4, -0.2) is 47.8 Å². The van der Waals surface area contributed by atoms with Gasteiger partial charge in [-0.1, -0.05) is 19.0 Å². The zero-order valence-electron chi connectivity index (χ0n) is 12.7. The van der Waals surface area contributed by atoms with Crippen molar-refractivity contribution in [2.75, 3.05) is 37.6 Å². The second-order valence-corrected chi connectivity index (χ2v) is 6.53. The fourth-order valence-corrected chi connectivity index (χ4v) is 3.23. The summed E-state index contributed by atoms with van der Waals surface area (Å²) in [7, 11) is 0. The minimum atomic E-state index is 0.334. The largest absolute Gasteiger partial charge is 0.324 e. The van der Waals surface area contributed by atoms with E-state index in [2.05, 4.69) is 33.8 Å². The highest BCUT2D eigenvalue weighted by molar-refractivity contribution is 5.26. The van der Waals surface area contributed by atoms with Gasteiger partial charge < -0.3 is 14.3 Å². The number of hydrogen-bond donors (Lipinski definition) is 0. The summed E-state index contributed by atoms with van der Waals surface area (Å²) in [6.07, 6.45) is 5.27. The van der Waals surface area contributed by atoms with E-state index in [4.69, 9.17) is 4.52 Å². The van der Waals surface area contributed by atoms with Crippen LogP contribution in [0.15, 0.2) is 4.52 Å². The Morgan fingerprint density at radius 3 is 2.45 bits per heavy atom. The van der Waals surface area contributed by atoms with Crippen LogP contribution < -0.4 is 4.90 Å². The zero-order chi connectivity index (χ0) is 13.9. The van der Waals surface area contributed by atoms with Crippen molar-refractivity contribution in [2.45, 2.75) is 45.4 Å². The Morgan fingerprint density at radius 2 is 1.85 bits per heavy atom. The molecule has 0 atom stereocenters. The third-order valence-corrected chi connectivity index (χ3v) is 4.55. The molecular formula is C15H26N4O. The van der Waals surface area contributed by atoms with E-state index in [-0.39, 0.29) is 0 Å². The molecule has 2 fully saturated rings. The topological polar surface area (TPSA) is 45.4 Å². The average Bonchev–Trinajstić information content (AvgIpc) is 3.10. The summed E-state index contributed by atoms with van der Waals surface area (Å²) in [5.41, 5.74) is 0. The monoisotopic (exact) mass is 278 g/mol. The molecule has 1 aromatic heterocycles. The van der Waals surface area contributed by atoms with Crippen LogP contribution in [0.25, 0.3) is 0 Å². The Morgan fingerprint density at radius 1 is 1.15 bits per heavy atom. The number of piperidine rings is 1. The van der Waals surface area contributed by atoms with Crippen molar-refractivity contribution >= 4 is 6.01 Å². The number of nitrogens with zero attached hydrogens (tertiary/aromatic N) is 4. The molecule has 0 saturated carbocycles. The lowest BCUT2D eigenvalue weighted by molar-refractivity contribution is 0.246. The molecule has 5 nitrogen and oxygen atoms in total. The molecule has 1 aromatic rings. The SMILES string of the molecule is CC(C)c1noc(N2CCC(CN3CCCC3)CC2)n1. The van der Waals surface area contributed by atoms with Gasteiger partial charge in [-0.3, -0.25) is 0 Å². The van der Waals surface area contributed by atoms with Crippen LogP contribution in [0.2, 0.25) is 0 Å². The maximum Gasteiger partial charge on any atom is 0.324 e. The quantitative estimate of drug-likeness (QED) is 0.847. The van der Waals surface area contributed by atoms with Gasteiger partial charge in [-0.2, -0.15) is 4.98 Å². The second-order valence-electron chi connectivity index (χ2n) is 6.53. The highest BCUT2D eigenvalue weighted by Crippen LogP contribution is 2.24. The molecule has 0 aromatic carbocycles. The van der Waals surface area contributed by atoms with Crippen LogP contribution in [0.4, 0.5) is 6.01 Å². The molecule has 20 heavy (non-hydrogen) atoms. The predicted molar refractivity (Wildman–Crippen MR) is 79.0 cm³/mol.